The Balaban J connectivity index is 1.63. The van der Waals surface area contributed by atoms with Crippen LogP contribution in [0.2, 0.25) is 0 Å². The summed E-state index contributed by atoms with van der Waals surface area (Å²) in [7, 11) is 0. The zero-order chi connectivity index (χ0) is 18.2. The molecule has 0 bridgehead atoms. The second-order valence-corrected chi connectivity index (χ2v) is 7.13. The highest BCUT2D eigenvalue weighted by atomic mass is 16.5. The molecule has 0 unspecified atom stereocenters. The van der Waals surface area contributed by atoms with Crippen molar-refractivity contribution >= 4 is 5.97 Å². The minimum Gasteiger partial charge on any atom is -0.508 e. The number of aromatic hydroxyl groups is 2. The van der Waals surface area contributed by atoms with Crippen LogP contribution in [0.4, 0.5) is 0 Å². The van der Waals surface area contributed by atoms with Crippen molar-refractivity contribution in [1.29, 1.82) is 0 Å². The molecule has 0 aliphatic carbocycles. The second kappa shape index (κ2) is 9.66. The Morgan fingerprint density at radius 1 is 1.08 bits per heavy atom. The highest BCUT2D eigenvalue weighted by Gasteiger charge is 2.29. The van der Waals surface area contributed by atoms with Gasteiger partial charge in [0.2, 0.25) is 0 Å². The highest BCUT2D eigenvalue weighted by Crippen LogP contribution is 2.33. The second-order valence-electron chi connectivity index (χ2n) is 7.13. The van der Waals surface area contributed by atoms with Crippen LogP contribution in [0.3, 0.4) is 0 Å². The number of phenols is 2. The molecule has 0 fully saturated rings. The average molecular weight is 350 g/mol. The average Bonchev–Trinajstić information content (AvgIpc) is 2.51. The van der Waals surface area contributed by atoms with E-state index in [-0.39, 0.29) is 29.3 Å². The van der Waals surface area contributed by atoms with E-state index in [0.29, 0.717) is 12.0 Å². The van der Waals surface area contributed by atoms with Gasteiger partial charge in [-0.2, -0.15) is 0 Å². The van der Waals surface area contributed by atoms with E-state index in [4.69, 9.17) is 4.74 Å². The van der Waals surface area contributed by atoms with Gasteiger partial charge in [0.05, 0.1) is 6.10 Å². The van der Waals surface area contributed by atoms with Crippen LogP contribution in [0.1, 0.15) is 80.6 Å². The Morgan fingerprint density at radius 2 is 1.72 bits per heavy atom. The summed E-state index contributed by atoms with van der Waals surface area (Å²) in [4.78, 5) is 12.0. The molecule has 1 aliphatic rings. The van der Waals surface area contributed by atoms with Crippen molar-refractivity contribution in [3.8, 4) is 11.5 Å². The summed E-state index contributed by atoms with van der Waals surface area (Å²) in [5, 5.41) is 28.6. The maximum atomic E-state index is 12.0. The third-order valence-corrected chi connectivity index (χ3v) is 4.76. The number of phenolic OH excluding ortho intramolecular Hbond substituents is 2. The number of carbonyl (C=O) groups excluding carboxylic acids is 1. The quantitative estimate of drug-likeness (QED) is 0.437. The third-order valence-electron chi connectivity index (χ3n) is 4.76. The fourth-order valence-corrected chi connectivity index (χ4v) is 3.42. The summed E-state index contributed by atoms with van der Waals surface area (Å²) in [6.45, 7) is 1.83. The van der Waals surface area contributed by atoms with Gasteiger partial charge >= 0.3 is 5.97 Å². The molecule has 0 saturated carbocycles. The molecule has 5 nitrogen and oxygen atoms in total. The summed E-state index contributed by atoms with van der Waals surface area (Å²) in [6.07, 6.45) is 9.85. The predicted molar refractivity (Wildman–Crippen MR) is 95.9 cm³/mol. The van der Waals surface area contributed by atoms with Gasteiger partial charge in [-0.3, -0.25) is 0 Å². The zero-order valence-corrected chi connectivity index (χ0v) is 15.0. The number of unbranched alkanes of at least 4 members (excludes halogenated alkanes) is 6. The lowest BCUT2D eigenvalue weighted by Gasteiger charge is -2.25. The van der Waals surface area contributed by atoms with Crippen LogP contribution in [-0.4, -0.2) is 33.5 Å². The van der Waals surface area contributed by atoms with Crippen LogP contribution in [-0.2, 0) is 11.2 Å². The lowest BCUT2D eigenvalue weighted by Crippen LogP contribution is -2.27. The Hall–Kier alpha value is -1.75. The number of rotatable bonds is 10. The van der Waals surface area contributed by atoms with Crippen molar-refractivity contribution in [1.82, 2.24) is 0 Å². The van der Waals surface area contributed by atoms with Gasteiger partial charge in [-0.05, 0) is 37.8 Å². The lowest BCUT2D eigenvalue weighted by atomic mass is 9.94. The predicted octanol–water partition coefficient (Wildman–Crippen LogP) is 4.07. The number of cyclic esters (lactones) is 1. The molecule has 5 heteroatoms. The summed E-state index contributed by atoms with van der Waals surface area (Å²) >= 11 is 0. The van der Waals surface area contributed by atoms with Crippen LogP contribution >= 0.6 is 0 Å². The fraction of sp³-hybridized carbons (Fsp3) is 0.650. The van der Waals surface area contributed by atoms with E-state index in [9.17, 15) is 20.1 Å². The number of aliphatic hydroxyl groups excluding tert-OH is 1. The first-order valence-corrected chi connectivity index (χ1v) is 9.41. The standard InChI is InChI=1S/C20H30O5/c1-14(21)9-7-5-3-2-4-6-8-10-17-12-15-11-16(22)13-18(23)19(15)20(24)25-17/h11,13-14,17,21-23H,2-10,12H2,1H3/t14-,17-/m1/s1. The zero-order valence-electron chi connectivity index (χ0n) is 15.0. The number of ether oxygens (including phenoxy) is 1. The Bertz CT molecular complexity index is 567. The smallest absolute Gasteiger partial charge is 0.342 e. The van der Waals surface area contributed by atoms with Gasteiger partial charge in [0.1, 0.15) is 23.2 Å². The fourth-order valence-electron chi connectivity index (χ4n) is 3.42. The lowest BCUT2D eigenvalue weighted by molar-refractivity contribution is 0.0227. The summed E-state index contributed by atoms with van der Waals surface area (Å²) in [6, 6.07) is 2.71. The van der Waals surface area contributed by atoms with Gasteiger partial charge in [-0.1, -0.05) is 38.5 Å². The maximum absolute atomic E-state index is 12.0. The molecule has 0 spiro atoms. The van der Waals surface area contributed by atoms with E-state index >= 15 is 0 Å². The van der Waals surface area contributed by atoms with Gasteiger partial charge in [0.15, 0.2) is 0 Å². The number of benzene rings is 1. The summed E-state index contributed by atoms with van der Waals surface area (Å²) in [5.74, 6) is -0.740. The number of fused-ring (bicyclic) bond motifs is 1. The topological polar surface area (TPSA) is 87.0 Å². The molecular weight excluding hydrogens is 320 g/mol. The van der Waals surface area contributed by atoms with E-state index < -0.39 is 5.97 Å². The highest BCUT2D eigenvalue weighted by molar-refractivity contribution is 5.95. The SMILES string of the molecule is C[C@@H](O)CCCCCCCCC[C@@H]1Cc2cc(O)cc(O)c2C(=O)O1. The first kappa shape index (κ1) is 19.6. The summed E-state index contributed by atoms with van der Waals surface area (Å²) in [5.41, 5.74) is 0.850. The molecule has 1 heterocycles. The monoisotopic (exact) mass is 350 g/mol. The normalized spacial score (nSPS) is 17.8. The van der Waals surface area contributed by atoms with E-state index in [0.717, 1.165) is 32.1 Å². The Kier molecular flexibility index (Phi) is 7.56. The first-order chi connectivity index (χ1) is 12.0. The van der Waals surface area contributed by atoms with E-state index in [2.05, 4.69) is 0 Å². The van der Waals surface area contributed by atoms with Crippen molar-refractivity contribution in [3.05, 3.63) is 23.3 Å². The molecule has 0 aromatic heterocycles. The van der Waals surface area contributed by atoms with Crippen molar-refractivity contribution in [2.45, 2.75) is 83.3 Å². The maximum Gasteiger partial charge on any atom is 0.342 e. The van der Waals surface area contributed by atoms with Crippen LogP contribution < -0.4 is 0 Å². The van der Waals surface area contributed by atoms with Crippen LogP contribution in [0.5, 0.6) is 11.5 Å². The number of esters is 1. The Labute approximate surface area is 149 Å². The van der Waals surface area contributed by atoms with Gasteiger partial charge in [-0.15, -0.1) is 0 Å². The van der Waals surface area contributed by atoms with Gasteiger partial charge in [0, 0.05) is 12.5 Å². The minimum atomic E-state index is -0.498. The third kappa shape index (κ3) is 6.24. The van der Waals surface area contributed by atoms with Crippen LogP contribution in [0.25, 0.3) is 0 Å². The van der Waals surface area contributed by atoms with Gasteiger partial charge < -0.3 is 20.1 Å². The number of carbonyl (C=O) groups is 1. The minimum absolute atomic E-state index is 0.0275. The molecule has 0 saturated heterocycles. The molecular formula is C20H30O5. The van der Waals surface area contributed by atoms with Crippen LogP contribution in [0, 0.1) is 0 Å². The summed E-state index contributed by atoms with van der Waals surface area (Å²) < 4.78 is 5.41. The molecule has 3 N–H and O–H groups in total. The molecule has 140 valence electrons. The van der Waals surface area contributed by atoms with E-state index in [1.165, 1.54) is 37.8 Å². The number of aliphatic hydroxyl groups is 1. The molecule has 25 heavy (non-hydrogen) atoms. The molecule has 1 aromatic carbocycles. The number of hydrogen-bond acceptors (Lipinski definition) is 5. The Morgan fingerprint density at radius 3 is 2.40 bits per heavy atom. The molecule has 0 radical (unpaired) electrons. The van der Waals surface area contributed by atoms with E-state index in [1.807, 2.05) is 6.92 Å². The van der Waals surface area contributed by atoms with Crippen molar-refractivity contribution in [2.24, 2.45) is 0 Å². The van der Waals surface area contributed by atoms with Crippen molar-refractivity contribution in [2.75, 3.05) is 0 Å². The number of hydrogen-bond donors (Lipinski definition) is 3. The first-order valence-electron chi connectivity index (χ1n) is 9.41. The largest absolute Gasteiger partial charge is 0.508 e. The van der Waals surface area contributed by atoms with Gasteiger partial charge in [-0.25, -0.2) is 4.79 Å². The van der Waals surface area contributed by atoms with Crippen molar-refractivity contribution < 1.29 is 24.9 Å². The molecule has 0 amide bonds. The molecule has 2 rings (SSSR count). The molecule has 2 atom stereocenters. The molecule has 1 aliphatic heterocycles. The molecule has 1 aromatic rings. The van der Waals surface area contributed by atoms with Crippen molar-refractivity contribution in [3.63, 3.8) is 0 Å². The van der Waals surface area contributed by atoms with Crippen LogP contribution in [0.15, 0.2) is 12.1 Å². The van der Waals surface area contributed by atoms with Gasteiger partial charge in [0.25, 0.3) is 0 Å². The van der Waals surface area contributed by atoms with E-state index in [1.54, 1.807) is 0 Å².